The van der Waals surface area contributed by atoms with E-state index in [4.69, 9.17) is 5.11 Å². The molecule has 4 nitrogen and oxygen atoms in total. The molecule has 1 N–H and O–H groups in total. The zero-order valence-electron chi connectivity index (χ0n) is 9.68. The van der Waals surface area contributed by atoms with Crippen LogP contribution < -0.4 is 0 Å². The molecule has 1 aromatic rings. The molecular weight excluding hydrogens is 238 g/mol. The molecule has 1 saturated heterocycles. The van der Waals surface area contributed by atoms with Crippen LogP contribution >= 0.6 is 11.3 Å². The zero-order valence-corrected chi connectivity index (χ0v) is 10.5. The SMILES string of the molecule is Cc1cscc1C(=O)N1CCCC[C@H]1C(=O)O. The summed E-state index contributed by atoms with van der Waals surface area (Å²) in [5.74, 6) is -1.04. The number of carbonyl (C=O) groups excluding carboxylic acids is 1. The highest BCUT2D eigenvalue weighted by Crippen LogP contribution is 2.22. The maximum absolute atomic E-state index is 12.3. The van der Waals surface area contributed by atoms with Crippen molar-refractivity contribution in [2.45, 2.75) is 32.2 Å². The third-order valence-corrected chi connectivity index (χ3v) is 4.00. The number of hydrogen-bond acceptors (Lipinski definition) is 3. The lowest BCUT2D eigenvalue weighted by Gasteiger charge is -2.32. The molecule has 0 aromatic carbocycles. The Morgan fingerprint density at radius 3 is 2.76 bits per heavy atom. The van der Waals surface area contributed by atoms with Gasteiger partial charge >= 0.3 is 5.97 Å². The van der Waals surface area contributed by atoms with E-state index in [-0.39, 0.29) is 5.91 Å². The molecule has 1 aromatic heterocycles. The van der Waals surface area contributed by atoms with Crippen LogP contribution in [0.1, 0.15) is 35.2 Å². The predicted molar refractivity (Wildman–Crippen MR) is 65.4 cm³/mol. The fraction of sp³-hybridized carbons (Fsp3) is 0.500. The van der Waals surface area contributed by atoms with Gasteiger partial charge in [0.15, 0.2) is 0 Å². The van der Waals surface area contributed by atoms with Crippen LogP contribution in [0.2, 0.25) is 0 Å². The van der Waals surface area contributed by atoms with Crippen molar-refractivity contribution in [3.63, 3.8) is 0 Å². The summed E-state index contributed by atoms with van der Waals surface area (Å²) >= 11 is 1.47. The van der Waals surface area contributed by atoms with Crippen LogP contribution in [0.5, 0.6) is 0 Å². The number of hydrogen-bond donors (Lipinski definition) is 1. The summed E-state index contributed by atoms with van der Waals surface area (Å²) < 4.78 is 0. The summed E-state index contributed by atoms with van der Waals surface area (Å²) in [6.45, 7) is 2.43. The lowest BCUT2D eigenvalue weighted by molar-refractivity contribution is -0.143. The molecule has 2 rings (SSSR count). The van der Waals surface area contributed by atoms with Gasteiger partial charge in [-0.3, -0.25) is 4.79 Å². The average Bonchev–Trinajstić information content (AvgIpc) is 2.74. The lowest BCUT2D eigenvalue weighted by Crippen LogP contribution is -2.48. The summed E-state index contributed by atoms with van der Waals surface area (Å²) in [5, 5.41) is 12.8. The maximum atomic E-state index is 12.3. The molecule has 0 unspecified atom stereocenters. The summed E-state index contributed by atoms with van der Waals surface area (Å²) in [6.07, 6.45) is 2.33. The van der Waals surface area contributed by atoms with Gasteiger partial charge < -0.3 is 10.0 Å². The maximum Gasteiger partial charge on any atom is 0.326 e. The summed E-state index contributed by atoms with van der Waals surface area (Å²) in [5.41, 5.74) is 1.57. The molecule has 2 heterocycles. The molecule has 0 radical (unpaired) electrons. The first-order valence-corrected chi connectivity index (χ1v) is 6.62. The number of thiophene rings is 1. The molecule has 1 amide bonds. The molecular formula is C12H15NO3S. The van der Waals surface area contributed by atoms with Crippen LogP contribution in [0.15, 0.2) is 10.8 Å². The molecule has 17 heavy (non-hydrogen) atoms. The van der Waals surface area contributed by atoms with E-state index in [1.165, 1.54) is 16.2 Å². The van der Waals surface area contributed by atoms with Gasteiger partial charge in [0, 0.05) is 11.9 Å². The van der Waals surface area contributed by atoms with E-state index in [0.717, 1.165) is 18.4 Å². The van der Waals surface area contributed by atoms with Crippen LogP contribution in [0.4, 0.5) is 0 Å². The topological polar surface area (TPSA) is 57.6 Å². The van der Waals surface area contributed by atoms with Crippen molar-refractivity contribution < 1.29 is 14.7 Å². The van der Waals surface area contributed by atoms with Gasteiger partial charge in [-0.05, 0) is 37.1 Å². The zero-order chi connectivity index (χ0) is 12.4. The van der Waals surface area contributed by atoms with Crippen LogP contribution in [0, 0.1) is 6.92 Å². The van der Waals surface area contributed by atoms with Gasteiger partial charge in [0.2, 0.25) is 0 Å². The molecule has 1 fully saturated rings. The number of carboxylic acids is 1. The number of piperidine rings is 1. The first kappa shape index (κ1) is 12.1. The third kappa shape index (κ3) is 2.34. The number of carbonyl (C=O) groups is 2. The van der Waals surface area contributed by atoms with Crippen molar-refractivity contribution in [3.05, 3.63) is 21.9 Å². The molecule has 92 valence electrons. The lowest BCUT2D eigenvalue weighted by atomic mass is 10.0. The number of rotatable bonds is 2. The van der Waals surface area contributed by atoms with Gasteiger partial charge in [0.25, 0.3) is 5.91 Å². The minimum Gasteiger partial charge on any atom is -0.480 e. The Kier molecular flexibility index (Phi) is 3.47. The smallest absolute Gasteiger partial charge is 0.326 e. The molecule has 0 aliphatic carbocycles. The van der Waals surface area contributed by atoms with Crippen molar-refractivity contribution in [1.82, 2.24) is 4.90 Å². The fourth-order valence-corrected chi connectivity index (χ4v) is 2.99. The minimum atomic E-state index is -0.897. The highest BCUT2D eigenvalue weighted by molar-refractivity contribution is 7.08. The van der Waals surface area contributed by atoms with E-state index in [2.05, 4.69) is 0 Å². The highest BCUT2D eigenvalue weighted by atomic mass is 32.1. The van der Waals surface area contributed by atoms with Gasteiger partial charge in [0.1, 0.15) is 6.04 Å². The Balaban J connectivity index is 2.23. The Hall–Kier alpha value is -1.36. The Morgan fingerprint density at radius 1 is 1.41 bits per heavy atom. The second kappa shape index (κ2) is 4.87. The van der Waals surface area contributed by atoms with Crippen LogP contribution in [-0.2, 0) is 4.79 Å². The standard InChI is InChI=1S/C12H15NO3S/c1-8-6-17-7-9(8)11(14)13-5-3-2-4-10(13)12(15)16/h6-7,10H,2-5H2,1H3,(H,15,16)/t10-/m0/s1. The molecule has 0 saturated carbocycles. The first-order valence-electron chi connectivity index (χ1n) is 5.68. The molecule has 5 heteroatoms. The van der Waals surface area contributed by atoms with Gasteiger partial charge in [0.05, 0.1) is 5.56 Å². The fourth-order valence-electron chi connectivity index (χ4n) is 2.17. The number of likely N-dealkylation sites (tertiary alicyclic amines) is 1. The summed E-state index contributed by atoms with van der Waals surface area (Å²) in [4.78, 5) is 24.9. The van der Waals surface area contributed by atoms with Crippen molar-refractivity contribution in [1.29, 1.82) is 0 Å². The monoisotopic (exact) mass is 253 g/mol. The number of nitrogens with zero attached hydrogens (tertiary/aromatic N) is 1. The number of carboxylic acid groups (broad SMARTS) is 1. The first-order chi connectivity index (χ1) is 8.11. The van der Waals surface area contributed by atoms with E-state index in [9.17, 15) is 9.59 Å². The van der Waals surface area contributed by atoms with Gasteiger partial charge in [-0.1, -0.05) is 0 Å². The number of aryl methyl sites for hydroxylation is 1. The normalized spacial score (nSPS) is 20.3. The molecule has 0 spiro atoms. The second-order valence-corrected chi connectivity index (χ2v) is 5.06. The number of aliphatic carboxylic acids is 1. The largest absolute Gasteiger partial charge is 0.480 e. The molecule has 0 bridgehead atoms. The van der Waals surface area contributed by atoms with Gasteiger partial charge in [-0.15, -0.1) is 0 Å². The highest BCUT2D eigenvalue weighted by Gasteiger charge is 2.32. The quantitative estimate of drug-likeness (QED) is 0.878. The van der Waals surface area contributed by atoms with E-state index < -0.39 is 12.0 Å². The molecule has 1 aliphatic rings. The van der Waals surface area contributed by atoms with Crippen LogP contribution in [-0.4, -0.2) is 34.5 Å². The van der Waals surface area contributed by atoms with Crippen molar-refractivity contribution in [2.24, 2.45) is 0 Å². The van der Waals surface area contributed by atoms with Crippen LogP contribution in [0.3, 0.4) is 0 Å². The molecule has 1 aliphatic heterocycles. The van der Waals surface area contributed by atoms with E-state index in [1.807, 2.05) is 12.3 Å². The van der Waals surface area contributed by atoms with Crippen molar-refractivity contribution in [3.8, 4) is 0 Å². The summed E-state index contributed by atoms with van der Waals surface area (Å²) in [7, 11) is 0. The molecule has 1 atom stereocenters. The Labute approximate surface area is 104 Å². The van der Waals surface area contributed by atoms with Crippen molar-refractivity contribution >= 4 is 23.2 Å². The van der Waals surface area contributed by atoms with E-state index in [1.54, 1.807) is 5.38 Å². The second-order valence-electron chi connectivity index (χ2n) is 4.32. The van der Waals surface area contributed by atoms with Gasteiger partial charge in [-0.2, -0.15) is 11.3 Å². The van der Waals surface area contributed by atoms with E-state index >= 15 is 0 Å². The predicted octanol–water partition coefficient (Wildman–Crippen LogP) is 2.14. The average molecular weight is 253 g/mol. The number of amides is 1. The van der Waals surface area contributed by atoms with E-state index in [0.29, 0.717) is 18.5 Å². The summed E-state index contributed by atoms with van der Waals surface area (Å²) in [6, 6.07) is -0.657. The van der Waals surface area contributed by atoms with Crippen molar-refractivity contribution in [2.75, 3.05) is 6.54 Å². The minimum absolute atomic E-state index is 0.143. The van der Waals surface area contributed by atoms with Gasteiger partial charge in [-0.25, -0.2) is 4.79 Å². The Bertz CT molecular complexity index is 441. The van der Waals surface area contributed by atoms with Crippen LogP contribution in [0.25, 0.3) is 0 Å². The third-order valence-electron chi connectivity index (χ3n) is 3.13. The Morgan fingerprint density at radius 2 is 2.18 bits per heavy atom.